The summed E-state index contributed by atoms with van der Waals surface area (Å²) in [6.07, 6.45) is 5.13. The fourth-order valence-corrected chi connectivity index (χ4v) is 4.51. The van der Waals surface area contributed by atoms with E-state index < -0.39 is 5.66 Å². The van der Waals surface area contributed by atoms with Gasteiger partial charge in [-0.25, -0.2) is 4.99 Å². The number of rotatable bonds is 3. The third-order valence-corrected chi connectivity index (χ3v) is 5.80. The zero-order valence-corrected chi connectivity index (χ0v) is 16.4. The second-order valence-corrected chi connectivity index (χ2v) is 7.76. The number of halogens is 1. The van der Waals surface area contributed by atoms with Crippen LogP contribution in [-0.4, -0.2) is 22.7 Å². The molecule has 2 aromatic rings. The third-order valence-electron chi connectivity index (χ3n) is 5.15. The first-order valence-corrected chi connectivity index (χ1v) is 9.81. The number of benzene rings is 1. The Labute approximate surface area is 165 Å². The molecule has 2 heterocycles. The van der Waals surface area contributed by atoms with Crippen molar-refractivity contribution in [3.63, 3.8) is 0 Å². The topological polar surface area (TPSA) is 113 Å². The molecule has 1 aromatic heterocycles. The molecule has 0 bridgehead atoms. The van der Waals surface area contributed by atoms with E-state index in [1.54, 1.807) is 6.07 Å². The largest absolute Gasteiger partial charge is 0.459 e. The normalized spacial score (nSPS) is 19.1. The molecule has 1 saturated carbocycles. The lowest BCUT2D eigenvalue weighted by atomic mass is 9.87. The predicted molar refractivity (Wildman–Crippen MR) is 109 cm³/mol. The zero-order chi connectivity index (χ0) is 19.0. The van der Waals surface area contributed by atoms with Gasteiger partial charge in [0.25, 0.3) is 0 Å². The quantitative estimate of drug-likeness (QED) is 0.689. The Morgan fingerprint density at radius 2 is 1.93 bits per heavy atom. The number of anilines is 1. The van der Waals surface area contributed by atoms with E-state index in [2.05, 4.69) is 20.9 Å². The Hall–Kier alpha value is -2.32. The van der Waals surface area contributed by atoms with Crippen LogP contribution in [0.4, 0.5) is 5.69 Å². The first kappa shape index (κ1) is 18.1. The molecule has 0 saturated heterocycles. The number of aliphatic hydroxyl groups excluding tert-OH is 1. The van der Waals surface area contributed by atoms with Gasteiger partial charge in [0.1, 0.15) is 23.8 Å². The van der Waals surface area contributed by atoms with Crippen LogP contribution in [0.25, 0.3) is 11.3 Å². The van der Waals surface area contributed by atoms with Gasteiger partial charge in [0, 0.05) is 15.7 Å². The lowest BCUT2D eigenvalue weighted by Gasteiger charge is -2.45. The summed E-state index contributed by atoms with van der Waals surface area (Å²) >= 11 is 3.64. The molecule has 1 spiro atoms. The Balaban J connectivity index is 1.73. The van der Waals surface area contributed by atoms with Crippen molar-refractivity contribution in [2.75, 3.05) is 4.90 Å². The molecule has 0 unspecified atom stereocenters. The molecule has 7 nitrogen and oxygen atoms in total. The van der Waals surface area contributed by atoms with Crippen molar-refractivity contribution in [1.29, 1.82) is 0 Å². The van der Waals surface area contributed by atoms with Gasteiger partial charge in [-0.15, -0.1) is 0 Å². The summed E-state index contributed by atoms with van der Waals surface area (Å²) < 4.78 is 6.51. The van der Waals surface area contributed by atoms with Crippen molar-refractivity contribution in [3.8, 4) is 11.3 Å². The maximum Gasteiger partial charge on any atom is 0.220 e. The van der Waals surface area contributed by atoms with Gasteiger partial charge in [0.2, 0.25) is 11.9 Å². The SMILES string of the molecule is NC1=NC2(CCCCC2)N(c2ccc(-c3ccc(CO)o3)c(Br)c2)C(N)=N1. The van der Waals surface area contributed by atoms with Gasteiger partial charge in [0.15, 0.2) is 0 Å². The van der Waals surface area contributed by atoms with E-state index in [9.17, 15) is 5.11 Å². The standard InChI is InChI=1S/C19H22BrN5O2/c20-15-10-12(4-6-14(15)16-7-5-13(11-26)27-16)25-18(22)23-17(21)24-19(25)8-2-1-3-9-19/h4-7,10,26H,1-3,8-9,11H2,(H4,21,22,23,24). The van der Waals surface area contributed by atoms with E-state index in [4.69, 9.17) is 20.9 Å². The number of guanidine groups is 2. The molecule has 8 heteroatoms. The second kappa shape index (κ2) is 7.01. The molecule has 0 amide bonds. The van der Waals surface area contributed by atoms with E-state index in [1.165, 1.54) is 6.42 Å². The number of hydrogen-bond acceptors (Lipinski definition) is 7. The van der Waals surface area contributed by atoms with Crippen LogP contribution in [0.1, 0.15) is 37.9 Å². The minimum absolute atomic E-state index is 0.127. The highest BCUT2D eigenvalue weighted by atomic mass is 79.9. The van der Waals surface area contributed by atoms with Crippen LogP contribution in [-0.2, 0) is 6.61 Å². The highest BCUT2D eigenvalue weighted by Gasteiger charge is 2.42. The van der Waals surface area contributed by atoms with Crippen LogP contribution in [0.3, 0.4) is 0 Å². The first-order chi connectivity index (χ1) is 13.0. The lowest BCUT2D eigenvalue weighted by molar-refractivity contribution is 0.248. The Bertz CT molecular complexity index is 915. The molecule has 1 fully saturated rings. The number of nitrogens with zero attached hydrogens (tertiary/aromatic N) is 3. The van der Waals surface area contributed by atoms with Gasteiger partial charge in [-0.05, 0) is 71.9 Å². The van der Waals surface area contributed by atoms with Crippen LogP contribution in [0.5, 0.6) is 0 Å². The maximum absolute atomic E-state index is 9.21. The third kappa shape index (κ3) is 3.23. The van der Waals surface area contributed by atoms with Crippen molar-refractivity contribution in [1.82, 2.24) is 0 Å². The van der Waals surface area contributed by atoms with Crippen molar-refractivity contribution < 1.29 is 9.52 Å². The monoisotopic (exact) mass is 431 g/mol. The number of nitrogens with two attached hydrogens (primary N) is 2. The molecular formula is C19H22BrN5O2. The second-order valence-electron chi connectivity index (χ2n) is 6.91. The molecular weight excluding hydrogens is 410 g/mol. The average Bonchev–Trinajstić information content (AvgIpc) is 3.10. The summed E-state index contributed by atoms with van der Waals surface area (Å²) in [6, 6.07) is 9.54. The van der Waals surface area contributed by atoms with Gasteiger partial charge in [-0.2, -0.15) is 4.99 Å². The Kier molecular flexibility index (Phi) is 4.69. The molecule has 1 aliphatic heterocycles. The van der Waals surface area contributed by atoms with Crippen LogP contribution in [0.2, 0.25) is 0 Å². The van der Waals surface area contributed by atoms with Gasteiger partial charge in [0.05, 0.1) is 0 Å². The molecule has 5 N–H and O–H groups in total. The van der Waals surface area contributed by atoms with Gasteiger partial charge in [-0.1, -0.05) is 6.42 Å². The van der Waals surface area contributed by atoms with Crippen LogP contribution in [0.15, 0.2) is 49.2 Å². The van der Waals surface area contributed by atoms with E-state index in [-0.39, 0.29) is 12.6 Å². The number of hydrogen-bond donors (Lipinski definition) is 3. The highest BCUT2D eigenvalue weighted by Crippen LogP contribution is 2.41. The summed E-state index contributed by atoms with van der Waals surface area (Å²) in [7, 11) is 0. The molecule has 0 atom stereocenters. The van der Waals surface area contributed by atoms with Crippen LogP contribution < -0.4 is 16.4 Å². The van der Waals surface area contributed by atoms with Gasteiger partial charge < -0.3 is 21.0 Å². The van der Waals surface area contributed by atoms with E-state index in [0.717, 1.165) is 41.4 Å². The van der Waals surface area contributed by atoms with Gasteiger partial charge in [-0.3, -0.25) is 4.90 Å². The van der Waals surface area contributed by atoms with E-state index in [1.807, 2.05) is 29.2 Å². The smallest absolute Gasteiger partial charge is 0.220 e. The number of aliphatic imine (C=N–C) groups is 2. The van der Waals surface area contributed by atoms with Crippen LogP contribution >= 0.6 is 15.9 Å². The van der Waals surface area contributed by atoms with E-state index >= 15 is 0 Å². The first-order valence-electron chi connectivity index (χ1n) is 9.02. The van der Waals surface area contributed by atoms with Crippen molar-refractivity contribution in [2.45, 2.75) is 44.4 Å². The summed E-state index contributed by atoms with van der Waals surface area (Å²) in [6.45, 7) is -0.127. The summed E-state index contributed by atoms with van der Waals surface area (Å²) in [5.74, 6) is 1.82. The van der Waals surface area contributed by atoms with E-state index in [0.29, 0.717) is 17.5 Å². The van der Waals surface area contributed by atoms with Crippen molar-refractivity contribution >= 4 is 33.5 Å². The molecule has 27 heavy (non-hydrogen) atoms. The predicted octanol–water partition coefficient (Wildman–Crippen LogP) is 3.31. The summed E-state index contributed by atoms with van der Waals surface area (Å²) in [5.41, 5.74) is 13.5. The highest BCUT2D eigenvalue weighted by molar-refractivity contribution is 9.10. The van der Waals surface area contributed by atoms with Gasteiger partial charge >= 0.3 is 0 Å². The Morgan fingerprint density at radius 1 is 1.15 bits per heavy atom. The summed E-state index contributed by atoms with van der Waals surface area (Å²) in [4.78, 5) is 10.9. The van der Waals surface area contributed by atoms with Crippen molar-refractivity contribution in [2.24, 2.45) is 21.5 Å². The Morgan fingerprint density at radius 3 is 2.59 bits per heavy atom. The number of aliphatic hydroxyl groups is 1. The number of furan rings is 1. The van der Waals surface area contributed by atoms with Crippen LogP contribution in [0, 0.1) is 0 Å². The zero-order valence-electron chi connectivity index (χ0n) is 14.9. The molecule has 4 rings (SSSR count). The minimum Gasteiger partial charge on any atom is -0.459 e. The minimum atomic E-state index is -0.468. The van der Waals surface area contributed by atoms with Crippen molar-refractivity contribution in [3.05, 3.63) is 40.6 Å². The lowest BCUT2D eigenvalue weighted by Crippen LogP contribution is -2.58. The maximum atomic E-state index is 9.21. The molecule has 1 aromatic carbocycles. The molecule has 0 radical (unpaired) electrons. The average molecular weight is 432 g/mol. The molecule has 1 aliphatic carbocycles. The fourth-order valence-electron chi connectivity index (χ4n) is 3.95. The molecule has 142 valence electrons. The fraction of sp³-hybridized carbons (Fsp3) is 0.368. The molecule has 2 aliphatic rings. The summed E-state index contributed by atoms with van der Waals surface area (Å²) in [5, 5.41) is 9.21.